The third kappa shape index (κ3) is 4.12. The molecule has 0 atom stereocenters. The number of rotatable bonds is 4. The molecule has 3 aromatic heterocycles. The van der Waals surface area contributed by atoms with Crippen LogP contribution in [0.2, 0.25) is 0 Å². The van der Waals surface area contributed by atoms with Crippen molar-refractivity contribution in [2.45, 2.75) is 5.41 Å². The van der Waals surface area contributed by atoms with Gasteiger partial charge in [-0.25, -0.2) is 9.97 Å². The summed E-state index contributed by atoms with van der Waals surface area (Å²) in [4.78, 5) is 14.1. The van der Waals surface area contributed by atoms with Gasteiger partial charge in [0, 0.05) is 29.1 Å². The quantitative estimate of drug-likeness (QED) is 0.188. The molecule has 3 heterocycles. The van der Waals surface area contributed by atoms with Crippen LogP contribution in [-0.2, 0) is 5.41 Å². The van der Waals surface area contributed by atoms with E-state index in [0.717, 1.165) is 44.6 Å². The summed E-state index contributed by atoms with van der Waals surface area (Å²) in [5, 5.41) is 0. The maximum atomic E-state index is 6.34. The van der Waals surface area contributed by atoms with Gasteiger partial charge in [0.05, 0.1) is 11.1 Å². The Bertz CT molecular complexity index is 2790. The molecule has 0 N–H and O–H groups in total. The van der Waals surface area contributed by atoms with Crippen molar-refractivity contribution in [2.75, 3.05) is 0 Å². The molecule has 0 aliphatic heterocycles. The summed E-state index contributed by atoms with van der Waals surface area (Å²) in [6, 6.07) is 58.5. The van der Waals surface area contributed by atoms with Gasteiger partial charge in [0.15, 0.2) is 0 Å². The molecule has 0 saturated carbocycles. The minimum absolute atomic E-state index is 0.398. The molecule has 0 fully saturated rings. The second-order valence-corrected chi connectivity index (χ2v) is 13.6. The molecule has 0 bridgehead atoms. The minimum atomic E-state index is -0.398. The van der Waals surface area contributed by atoms with Crippen LogP contribution in [0.5, 0.6) is 0 Å². The molecule has 9 aromatic rings. The molecule has 2 aliphatic rings. The van der Waals surface area contributed by atoms with Crippen molar-refractivity contribution in [3.05, 3.63) is 198 Å². The molecular formula is C48H29N3O. The standard InChI is InChI=1S/C48H29N3O/c1-4-15-40-36(12-1)37-13-2-5-16-41(37)48(40)42-17-6-3-14-38(42)39-23-22-34(28-43(39)48)44-24-25-45-47(50-44)52-46(51-45)31-20-18-30(19-21-31)32-9-7-10-33(27-32)35-11-8-26-49-29-35/h1-29H. The highest BCUT2D eigenvalue weighted by molar-refractivity contribution is 5.96. The van der Waals surface area contributed by atoms with E-state index in [2.05, 4.69) is 157 Å². The summed E-state index contributed by atoms with van der Waals surface area (Å²) in [7, 11) is 0. The summed E-state index contributed by atoms with van der Waals surface area (Å²) in [5.41, 5.74) is 18.6. The predicted octanol–water partition coefficient (Wildman–Crippen LogP) is 11.6. The van der Waals surface area contributed by atoms with E-state index >= 15 is 0 Å². The number of benzene rings is 6. The zero-order chi connectivity index (χ0) is 34.2. The van der Waals surface area contributed by atoms with E-state index in [9.17, 15) is 0 Å². The van der Waals surface area contributed by atoms with E-state index in [1.165, 1.54) is 44.5 Å². The van der Waals surface area contributed by atoms with Crippen LogP contribution in [0.15, 0.2) is 181 Å². The number of nitrogens with zero attached hydrogens (tertiary/aromatic N) is 3. The second-order valence-electron chi connectivity index (χ2n) is 13.6. The van der Waals surface area contributed by atoms with Crippen LogP contribution in [-0.4, -0.2) is 15.0 Å². The maximum Gasteiger partial charge on any atom is 0.247 e. The van der Waals surface area contributed by atoms with Gasteiger partial charge < -0.3 is 4.42 Å². The van der Waals surface area contributed by atoms with Gasteiger partial charge in [-0.3, -0.25) is 4.98 Å². The van der Waals surface area contributed by atoms with E-state index in [1.807, 2.05) is 18.3 Å². The molecule has 1 spiro atoms. The Kier molecular flexibility index (Phi) is 6.13. The lowest BCUT2D eigenvalue weighted by Gasteiger charge is -2.30. The lowest BCUT2D eigenvalue weighted by Crippen LogP contribution is -2.25. The summed E-state index contributed by atoms with van der Waals surface area (Å²) in [6.07, 6.45) is 3.69. The van der Waals surface area contributed by atoms with Gasteiger partial charge in [-0.15, -0.1) is 0 Å². The number of pyridine rings is 2. The third-order valence-corrected chi connectivity index (χ3v) is 10.9. The number of hydrogen-bond donors (Lipinski definition) is 0. The van der Waals surface area contributed by atoms with Crippen LogP contribution in [0.1, 0.15) is 22.3 Å². The number of hydrogen-bond acceptors (Lipinski definition) is 4. The Labute approximate surface area is 300 Å². The molecule has 4 heteroatoms. The summed E-state index contributed by atoms with van der Waals surface area (Å²) < 4.78 is 6.34. The van der Waals surface area contributed by atoms with E-state index in [-0.39, 0.29) is 0 Å². The van der Waals surface area contributed by atoms with Crippen LogP contribution in [0.4, 0.5) is 0 Å². The topological polar surface area (TPSA) is 51.8 Å². The number of fused-ring (bicyclic) bond motifs is 11. The zero-order valence-corrected chi connectivity index (χ0v) is 28.0. The van der Waals surface area contributed by atoms with Crippen molar-refractivity contribution in [1.29, 1.82) is 0 Å². The van der Waals surface area contributed by atoms with Gasteiger partial charge >= 0.3 is 0 Å². The third-order valence-electron chi connectivity index (χ3n) is 10.9. The molecule has 2 aliphatic carbocycles. The first kappa shape index (κ1) is 28.9. The van der Waals surface area contributed by atoms with Crippen molar-refractivity contribution in [3.63, 3.8) is 0 Å². The Hall–Kier alpha value is -6.91. The van der Waals surface area contributed by atoms with Crippen LogP contribution in [0, 0.1) is 0 Å². The van der Waals surface area contributed by atoms with Crippen molar-refractivity contribution < 1.29 is 4.42 Å². The summed E-state index contributed by atoms with van der Waals surface area (Å²) in [5.74, 6) is 0.554. The Morgan fingerprint density at radius 3 is 1.67 bits per heavy atom. The second kappa shape index (κ2) is 11.0. The van der Waals surface area contributed by atoms with Gasteiger partial charge in [0.2, 0.25) is 11.6 Å². The van der Waals surface area contributed by atoms with Gasteiger partial charge in [-0.2, -0.15) is 0 Å². The van der Waals surface area contributed by atoms with Gasteiger partial charge in [-0.1, -0.05) is 121 Å². The molecule has 0 radical (unpaired) electrons. The number of aromatic nitrogens is 3. The first-order valence-corrected chi connectivity index (χ1v) is 17.6. The molecule has 52 heavy (non-hydrogen) atoms. The highest BCUT2D eigenvalue weighted by Gasteiger charge is 2.51. The highest BCUT2D eigenvalue weighted by atomic mass is 16.4. The molecule has 242 valence electrons. The molecule has 0 amide bonds. The lowest BCUT2D eigenvalue weighted by atomic mass is 9.70. The van der Waals surface area contributed by atoms with Crippen molar-refractivity contribution in [1.82, 2.24) is 15.0 Å². The van der Waals surface area contributed by atoms with Crippen LogP contribution in [0.3, 0.4) is 0 Å². The fraction of sp³-hybridized carbons (Fsp3) is 0.0208. The Morgan fingerprint density at radius 2 is 1.00 bits per heavy atom. The molecular weight excluding hydrogens is 635 g/mol. The van der Waals surface area contributed by atoms with Crippen LogP contribution in [0.25, 0.3) is 78.4 Å². The van der Waals surface area contributed by atoms with E-state index in [0.29, 0.717) is 11.6 Å². The van der Waals surface area contributed by atoms with Crippen molar-refractivity contribution >= 4 is 11.2 Å². The molecule has 0 saturated heterocycles. The number of oxazole rings is 1. The fourth-order valence-corrected chi connectivity index (χ4v) is 8.57. The Balaban J connectivity index is 0.971. The summed E-state index contributed by atoms with van der Waals surface area (Å²) in [6.45, 7) is 0. The average molecular weight is 664 g/mol. The van der Waals surface area contributed by atoms with E-state index < -0.39 is 5.41 Å². The lowest BCUT2D eigenvalue weighted by molar-refractivity contribution is 0.608. The van der Waals surface area contributed by atoms with Gasteiger partial charge in [-0.05, 0) is 104 Å². The fourth-order valence-electron chi connectivity index (χ4n) is 8.57. The van der Waals surface area contributed by atoms with Gasteiger partial charge in [0.25, 0.3) is 0 Å². The summed E-state index contributed by atoms with van der Waals surface area (Å²) >= 11 is 0. The highest BCUT2D eigenvalue weighted by Crippen LogP contribution is 2.63. The van der Waals surface area contributed by atoms with Crippen molar-refractivity contribution in [2.24, 2.45) is 0 Å². The SMILES string of the molecule is c1cncc(-c2cccc(-c3ccc(-c4nc5ccc(-c6ccc7c(c6)C6(c8ccccc8-c8ccccc86)c6ccccc6-7)nc5o4)cc3)c2)c1. The molecule has 6 aromatic carbocycles. The predicted molar refractivity (Wildman–Crippen MR) is 208 cm³/mol. The van der Waals surface area contributed by atoms with E-state index in [1.54, 1.807) is 6.20 Å². The minimum Gasteiger partial charge on any atom is -0.418 e. The largest absolute Gasteiger partial charge is 0.418 e. The smallest absolute Gasteiger partial charge is 0.247 e. The first-order chi connectivity index (χ1) is 25.8. The molecule has 4 nitrogen and oxygen atoms in total. The average Bonchev–Trinajstić information content (AvgIpc) is 3.88. The zero-order valence-electron chi connectivity index (χ0n) is 28.0. The first-order valence-electron chi connectivity index (χ1n) is 17.6. The monoisotopic (exact) mass is 663 g/mol. The molecule has 0 unspecified atom stereocenters. The van der Waals surface area contributed by atoms with Crippen LogP contribution < -0.4 is 0 Å². The van der Waals surface area contributed by atoms with Gasteiger partial charge in [0.1, 0.15) is 5.52 Å². The Morgan fingerprint density at radius 1 is 0.404 bits per heavy atom. The molecule has 11 rings (SSSR count). The van der Waals surface area contributed by atoms with E-state index in [4.69, 9.17) is 14.4 Å². The normalized spacial score (nSPS) is 13.2. The van der Waals surface area contributed by atoms with Crippen LogP contribution >= 0.6 is 0 Å². The van der Waals surface area contributed by atoms with Crippen molar-refractivity contribution in [3.8, 4) is 67.2 Å². The maximum absolute atomic E-state index is 6.34.